The van der Waals surface area contributed by atoms with E-state index in [0.717, 1.165) is 56.8 Å². The predicted molar refractivity (Wildman–Crippen MR) is 103 cm³/mol. The predicted octanol–water partition coefficient (Wildman–Crippen LogP) is 3.92. The maximum Gasteiger partial charge on any atom is 0.303 e. The molecule has 0 spiro atoms. The Kier molecular flexibility index (Phi) is 6.67. The topological polar surface area (TPSA) is 49.8 Å². The molecule has 0 fully saturated rings. The van der Waals surface area contributed by atoms with E-state index >= 15 is 0 Å². The zero-order valence-electron chi connectivity index (χ0n) is 15.2. The lowest BCUT2D eigenvalue weighted by atomic mass is 9.95. The number of nitrogens with zero attached hydrogens (tertiary/aromatic N) is 1. The Labute approximate surface area is 155 Å². The molecule has 138 valence electrons. The van der Waals surface area contributed by atoms with Gasteiger partial charge in [-0.25, -0.2) is 0 Å². The van der Waals surface area contributed by atoms with Crippen molar-refractivity contribution in [2.45, 2.75) is 38.6 Å². The maximum absolute atomic E-state index is 10.7. The number of carbonyl (C=O) groups is 1. The summed E-state index contributed by atoms with van der Waals surface area (Å²) in [6.07, 6.45) is 4.08. The molecule has 2 aromatic rings. The van der Waals surface area contributed by atoms with Crippen molar-refractivity contribution in [3.8, 4) is 5.75 Å². The Bertz CT molecular complexity index is 715. The molecule has 0 amide bonds. The summed E-state index contributed by atoms with van der Waals surface area (Å²) in [6, 6.07) is 16.4. The summed E-state index contributed by atoms with van der Waals surface area (Å²) < 4.78 is 5.74. The molecule has 1 aliphatic heterocycles. The van der Waals surface area contributed by atoms with Gasteiger partial charge in [-0.3, -0.25) is 9.69 Å². The van der Waals surface area contributed by atoms with E-state index in [1.807, 2.05) is 30.3 Å². The highest BCUT2D eigenvalue weighted by molar-refractivity contribution is 5.67. The zero-order valence-corrected chi connectivity index (χ0v) is 15.2. The number of fused-ring (bicyclic) bond motifs is 1. The summed E-state index contributed by atoms with van der Waals surface area (Å²) >= 11 is 0. The largest absolute Gasteiger partial charge is 0.494 e. The van der Waals surface area contributed by atoms with Crippen LogP contribution in [-0.2, 0) is 24.2 Å². The van der Waals surface area contributed by atoms with Crippen molar-refractivity contribution in [2.24, 2.45) is 0 Å². The molecule has 0 unspecified atom stereocenters. The number of benzene rings is 2. The summed E-state index contributed by atoms with van der Waals surface area (Å²) in [6.45, 7) is 3.93. The third kappa shape index (κ3) is 5.60. The van der Waals surface area contributed by atoms with Crippen molar-refractivity contribution >= 4 is 5.97 Å². The lowest BCUT2D eigenvalue weighted by Crippen LogP contribution is -2.31. The molecule has 1 heterocycles. The fourth-order valence-corrected chi connectivity index (χ4v) is 3.41. The molecule has 0 radical (unpaired) electrons. The molecular weight excluding hydrogens is 326 g/mol. The summed E-state index contributed by atoms with van der Waals surface area (Å²) in [5, 5.41) is 8.82. The van der Waals surface area contributed by atoms with Crippen molar-refractivity contribution in [1.82, 2.24) is 4.90 Å². The van der Waals surface area contributed by atoms with Crippen molar-refractivity contribution in [3.05, 3.63) is 65.2 Å². The summed E-state index contributed by atoms with van der Waals surface area (Å²) in [4.78, 5) is 13.2. The van der Waals surface area contributed by atoms with Crippen LogP contribution in [0.5, 0.6) is 5.75 Å². The molecule has 0 saturated heterocycles. The molecule has 4 nitrogen and oxygen atoms in total. The smallest absolute Gasteiger partial charge is 0.303 e. The first kappa shape index (κ1) is 18.5. The Morgan fingerprint density at radius 1 is 1.08 bits per heavy atom. The number of aryl methyl sites for hydroxylation is 1. The molecule has 0 bridgehead atoms. The normalized spacial score (nSPS) is 14.0. The minimum Gasteiger partial charge on any atom is -0.494 e. The Balaban J connectivity index is 1.39. The SMILES string of the molecule is O=C(O)CCc1ccc2c(c1)CCN(CCCCOc1ccccc1)C2. The molecule has 4 heteroatoms. The quantitative estimate of drug-likeness (QED) is 0.694. The second-order valence-corrected chi connectivity index (χ2v) is 6.89. The first-order chi connectivity index (χ1) is 12.7. The van der Waals surface area contributed by atoms with Crippen molar-refractivity contribution in [2.75, 3.05) is 19.7 Å². The number of carboxylic acids is 1. The number of aliphatic carboxylic acids is 1. The number of hydrogen-bond acceptors (Lipinski definition) is 3. The fraction of sp³-hybridized carbons (Fsp3) is 0.409. The number of unbranched alkanes of at least 4 members (excludes halogenated alkanes) is 1. The number of ether oxygens (including phenoxy) is 1. The second kappa shape index (κ2) is 9.39. The van der Waals surface area contributed by atoms with Crippen LogP contribution in [0.2, 0.25) is 0 Å². The van der Waals surface area contributed by atoms with Gasteiger partial charge in [0.15, 0.2) is 0 Å². The summed E-state index contributed by atoms with van der Waals surface area (Å²) in [5.74, 6) is 0.211. The van der Waals surface area contributed by atoms with Crippen molar-refractivity contribution in [1.29, 1.82) is 0 Å². The molecule has 0 atom stereocenters. The molecule has 2 aromatic carbocycles. The van der Waals surface area contributed by atoms with E-state index < -0.39 is 5.97 Å². The van der Waals surface area contributed by atoms with Gasteiger partial charge in [0, 0.05) is 19.5 Å². The Morgan fingerprint density at radius 2 is 1.92 bits per heavy atom. The molecule has 26 heavy (non-hydrogen) atoms. The average Bonchev–Trinajstić information content (AvgIpc) is 2.66. The lowest BCUT2D eigenvalue weighted by molar-refractivity contribution is -0.136. The summed E-state index contributed by atoms with van der Waals surface area (Å²) in [5.41, 5.74) is 3.91. The van der Waals surface area contributed by atoms with Gasteiger partial charge in [-0.05, 0) is 61.1 Å². The third-order valence-electron chi connectivity index (χ3n) is 4.87. The fourth-order valence-electron chi connectivity index (χ4n) is 3.41. The monoisotopic (exact) mass is 353 g/mol. The van der Waals surface area contributed by atoms with E-state index in [0.29, 0.717) is 6.42 Å². The van der Waals surface area contributed by atoms with E-state index in [1.165, 1.54) is 11.1 Å². The highest BCUT2D eigenvalue weighted by atomic mass is 16.5. The van der Waals surface area contributed by atoms with Gasteiger partial charge in [0.1, 0.15) is 5.75 Å². The molecule has 0 aromatic heterocycles. The first-order valence-corrected chi connectivity index (χ1v) is 9.43. The van der Waals surface area contributed by atoms with Gasteiger partial charge in [0.05, 0.1) is 6.61 Å². The maximum atomic E-state index is 10.7. The minimum atomic E-state index is -0.731. The first-order valence-electron chi connectivity index (χ1n) is 9.43. The van der Waals surface area contributed by atoms with Crippen LogP contribution < -0.4 is 4.74 Å². The summed E-state index contributed by atoms with van der Waals surface area (Å²) in [7, 11) is 0. The molecular formula is C22H27NO3. The number of hydrogen-bond donors (Lipinski definition) is 1. The van der Waals surface area contributed by atoms with Gasteiger partial charge in [0.25, 0.3) is 0 Å². The van der Waals surface area contributed by atoms with Crippen LogP contribution in [0.3, 0.4) is 0 Å². The van der Waals surface area contributed by atoms with Crippen LogP contribution in [0.25, 0.3) is 0 Å². The van der Waals surface area contributed by atoms with Crippen LogP contribution >= 0.6 is 0 Å². The van der Waals surface area contributed by atoms with Crippen LogP contribution in [-0.4, -0.2) is 35.7 Å². The standard InChI is InChI=1S/C22H27NO3/c24-22(25)11-9-18-8-10-20-17-23(14-12-19(20)16-18)13-4-5-15-26-21-6-2-1-3-7-21/h1-3,6-8,10,16H,4-5,9,11-15,17H2,(H,24,25). The molecule has 0 aliphatic carbocycles. The van der Waals surface area contributed by atoms with E-state index in [-0.39, 0.29) is 6.42 Å². The van der Waals surface area contributed by atoms with E-state index in [1.54, 1.807) is 0 Å². The highest BCUT2D eigenvalue weighted by Crippen LogP contribution is 2.21. The van der Waals surface area contributed by atoms with Crippen LogP contribution in [0.1, 0.15) is 36.0 Å². The Morgan fingerprint density at radius 3 is 2.73 bits per heavy atom. The van der Waals surface area contributed by atoms with Gasteiger partial charge in [0.2, 0.25) is 0 Å². The van der Waals surface area contributed by atoms with E-state index in [4.69, 9.17) is 9.84 Å². The lowest BCUT2D eigenvalue weighted by Gasteiger charge is -2.29. The van der Waals surface area contributed by atoms with E-state index in [9.17, 15) is 4.79 Å². The zero-order chi connectivity index (χ0) is 18.2. The molecule has 3 rings (SSSR count). The van der Waals surface area contributed by atoms with Crippen LogP contribution in [0.15, 0.2) is 48.5 Å². The molecule has 0 saturated carbocycles. The number of carboxylic acid groups (broad SMARTS) is 1. The number of para-hydroxylation sites is 1. The minimum absolute atomic E-state index is 0.204. The van der Waals surface area contributed by atoms with Crippen LogP contribution in [0, 0.1) is 0 Å². The van der Waals surface area contributed by atoms with Crippen molar-refractivity contribution in [3.63, 3.8) is 0 Å². The second-order valence-electron chi connectivity index (χ2n) is 6.89. The third-order valence-corrected chi connectivity index (χ3v) is 4.87. The Hall–Kier alpha value is -2.33. The van der Waals surface area contributed by atoms with Gasteiger partial charge >= 0.3 is 5.97 Å². The average molecular weight is 353 g/mol. The van der Waals surface area contributed by atoms with Gasteiger partial charge in [-0.2, -0.15) is 0 Å². The molecule has 1 aliphatic rings. The molecule has 1 N–H and O–H groups in total. The van der Waals surface area contributed by atoms with E-state index in [2.05, 4.69) is 23.1 Å². The van der Waals surface area contributed by atoms with Gasteiger partial charge in [-0.1, -0.05) is 36.4 Å². The highest BCUT2D eigenvalue weighted by Gasteiger charge is 2.16. The van der Waals surface area contributed by atoms with Crippen molar-refractivity contribution < 1.29 is 14.6 Å². The number of rotatable bonds is 9. The van der Waals surface area contributed by atoms with Crippen LogP contribution in [0.4, 0.5) is 0 Å². The van der Waals surface area contributed by atoms with Gasteiger partial charge < -0.3 is 9.84 Å². The van der Waals surface area contributed by atoms with Gasteiger partial charge in [-0.15, -0.1) is 0 Å².